The molecule has 1 aliphatic rings. The van der Waals surface area contributed by atoms with E-state index >= 15 is 0 Å². The minimum absolute atomic E-state index is 0.357. The molecule has 0 heterocycles. The molecule has 0 saturated carbocycles. The van der Waals surface area contributed by atoms with Crippen molar-refractivity contribution in [2.75, 3.05) is 0 Å². The lowest BCUT2D eigenvalue weighted by molar-refractivity contribution is 0.511. The lowest BCUT2D eigenvalue weighted by Crippen LogP contribution is -2.17. The van der Waals surface area contributed by atoms with Crippen LogP contribution in [0.4, 0.5) is 0 Å². The molecule has 0 aromatic heterocycles. The molecule has 1 aliphatic carbocycles. The van der Waals surface area contributed by atoms with Crippen molar-refractivity contribution in [1.82, 2.24) is 0 Å². The van der Waals surface area contributed by atoms with Gasteiger partial charge in [-0.3, -0.25) is 0 Å². The summed E-state index contributed by atoms with van der Waals surface area (Å²) in [5, 5.41) is 0. The quantitative estimate of drug-likeness (QED) is 0.620. The molecule has 80 valence electrons. The van der Waals surface area contributed by atoms with Crippen molar-refractivity contribution in [3.05, 3.63) is 47.5 Å². The van der Waals surface area contributed by atoms with E-state index in [1.807, 2.05) is 0 Å². The molecule has 1 aromatic rings. The van der Waals surface area contributed by atoms with Crippen LogP contribution in [0.3, 0.4) is 0 Å². The maximum Gasteiger partial charge on any atom is -0.000640 e. The largest absolute Gasteiger partial charge is 0.0876 e. The highest BCUT2D eigenvalue weighted by Crippen LogP contribution is 2.36. The van der Waals surface area contributed by atoms with Crippen LogP contribution in [0.5, 0.6) is 0 Å². The lowest BCUT2D eigenvalue weighted by Gasteiger charge is -2.24. The summed E-state index contributed by atoms with van der Waals surface area (Å²) in [6.45, 7) is 6.85. The molecule has 1 aromatic carbocycles. The van der Waals surface area contributed by atoms with Crippen molar-refractivity contribution in [3.63, 3.8) is 0 Å². The van der Waals surface area contributed by atoms with Gasteiger partial charge in [0.15, 0.2) is 0 Å². The molecule has 0 spiro atoms. The van der Waals surface area contributed by atoms with Crippen molar-refractivity contribution in [1.29, 1.82) is 0 Å². The van der Waals surface area contributed by atoms with Gasteiger partial charge in [-0.05, 0) is 35.3 Å². The third-order valence-corrected chi connectivity index (χ3v) is 3.58. The fourth-order valence-corrected chi connectivity index (χ4v) is 2.28. The Hall–Kier alpha value is -1.04. The molecule has 0 nitrogen and oxygen atoms in total. The number of hydrogen-bond donors (Lipinski definition) is 0. The van der Waals surface area contributed by atoms with E-state index in [-0.39, 0.29) is 0 Å². The highest BCUT2D eigenvalue weighted by atomic mass is 14.3. The summed E-state index contributed by atoms with van der Waals surface area (Å²) in [4.78, 5) is 0. The summed E-state index contributed by atoms with van der Waals surface area (Å²) in [6.07, 6.45) is 6.98. The second-order valence-electron chi connectivity index (χ2n) is 5.22. The van der Waals surface area contributed by atoms with E-state index in [1.54, 1.807) is 0 Å². The van der Waals surface area contributed by atoms with Gasteiger partial charge >= 0.3 is 0 Å². The van der Waals surface area contributed by atoms with Crippen molar-refractivity contribution in [2.24, 2.45) is 0 Å². The molecule has 0 fully saturated rings. The van der Waals surface area contributed by atoms with E-state index in [2.05, 4.69) is 57.2 Å². The van der Waals surface area contributed by atoms with E-state index in [0.29, 0.717) is 11.3 Å². The van der Waals surface area contributed by atoms with Gasteiger partial charge < -0.3 is 0 Å². The first-order valence-corrected chi connectivity index (χ1v) is 5.87. The van der Waals surface area contributed by atoms with Crippen LogP contribution in [0, 0.1) is 0 Å². The Kier molecular flexibility index (Phi) is 2.68. The minimum Gasteiger partial charge on any atom is -0.0876 e. The standard InChI is InChI=1S/C15H20/c1-12(2)13-6-8-14(9-7-13)15(3)10-4-5-11-15/h4-9,12H,10-11H2,1-3H3. The Labute approximate surface area is 93.0 Å². The Bertz CT molecular complexity index is 346. The molecule has 0 N–H and O–H groups in total. The van der Waals surface area contributed by atoms with Gasteiger partial charge in [-0.25, -0.2) is 0 Å². The van der Waals surface area contributed by atoms with E-state index in [9.17, 15) is 0 Å². The summed E-state index contributed by atoms with van der Waals surface area (Å²) in [7, 11) is 0. The molecule has 0 heteroatoms. The third kappa shape index (κ3) is 1.99. The van der Waals surface area contributed by atoms with Crippen LogP contribution in [0.1, 0.15) is 50.7 Å². The third-order valence-electron chi connectivity index (χ3n) is 3.58. The summed E-state index contributed by atoms with van der Waals surface area (Å²) in [6, 6.07) is 9.18. The van der Waals surface area contributed by atoms with Crippen LogP contribution in [0.15, 0.2) is 36.4 Å². The van der Waals surface area contributed by atoms with Crippen LogP contribution in [-0.4, -0.2) is 0 Å². The Balaban J connectivity index is 2.23. The maximum atomic E-state index is 2.36. The highest BCUT2D eigenvalue weighted by molar-refractivity contribution is 5.32. The Morgan fingerprint density at radius 2 is 1.53 bits per heavy atom. The van der Waals surface area contributed by atoms with Crippen molar-refractivity contribution < 1.29 is 0 Å². The number of benzene rings is 1. The first kappa shape index (κ1) is 10.5. The smallest absolute Gasteiger partial charge is 0.000640 e. The van der Waals surface area contributed by atoms with E-state index in [4.69, 9.17) is 0 Å². The zero-order valence-corrected chi connectivity index (χ0v) is 9.96. The summed E-state index contributed by atoms with van der Waals surface area (Å²) >= 11 is 0. The van der Waals surface area contributed by atoms with Crippen LogP contribution < -0.4 is 0 Å². The van der Waals surface area contributed by atoms with Gasteiger partial charge in [-0.1, -0.05) is 57.2 Å². The monoisotopic (exact) mass is 200 g/mol. The topological polar surface area (TPSA) is 0 Å². The van der Waals surface area contributed by atoms with Crippen LogP contribution in [-0.2, 0) is 5.41 Å². The van der Waals surface area contributed by atoms with Crippen molar-refractivity contribution in [3.8, 4) is 0 Å². The van der Waals surface area contributed by atoms with Crippen LogP contribution >= 0.6 is 0 Å². The Morgan fingerprint density at radius 3 is 2.00 bits per heavy atom. The average Bonchev–Trinajstić information content (AvgIpc) is 2.67. The van der Waals surface area contributed by atoms with E-state index in [0.717, 1.165) is 0 Å². The summed E-state index contributed by atoms with van der Waals surface area (Å²) < 4.78 is 0. The molecule has 0 amide bonds. The Morgan fingerprint density at radius 1 is 1.00 bits per heavy atom. The van der Waals surface area contributed by atoms with Gasteiger partial charge in [0.25, 0.3) is 0 Å². The molecule has 0 saturated heterocycles. The van der Waals surface area contributed by atoms with Gasteiger partial charge in [0, 0.05) is 0 Å². The lowest BCUT2D eigenvalue weighted by atomic mass is 9.80. The molecule has 2 rings (SSSR count). The second kappa shape index (κ2) is 3.84. The van der Waals surface area contributed by atoms with Gasteiger partial charge in [0.1, 0.15) is 0 Å². The second-order valence-corrected chi connectivity index (χ2v) is 5.22. The summed E-state index contributed by atoms with van der Waals surface area (Å²) in [5.74, 6) is 0.633. The number of allylic oxidation sites excluding steroid dienone is 2. The predicted octanol–water partition coefficient (Wildman–Crippen LogP) is 4.42. The van der Waals surface area contributed by atoms with Crippen molar-refractivity contribution >= 4 is 0 Å². The number of rotatable bonds is 2. The zero-order valence-electron chi connectivity index (χ0n) is 9.96. The average molecular weight is 200 g/mol. The number of hydrogen-bond acceptors (Lipinski definition) is 0. The molecule has 0 bridgehead atoms. The van der Waals surface area contributed by atoms with Gasteiger partial charge in [-0.2, -0.15) is 0 Å². The molecule has 0 unspecified atom stereocenters. The van der Waals surface area contributed by atoms with E-state index < -0.39 is 0 Å². The first-order chi connectivity index (χ1) is 7.12. The fraction of sp³-hybridized carbons (Fsp3) is 0.467. The highest BCUT2D eigenvalue weighted by Gasteiger charge is 2.26. The molecule has 0 atom stereocenters. The predicted molar refractivity (Wildman–Crippen MR) is 66.3 cm³/mol. The first-order valence-electron chi connectivity index (χ1n) is 5.87. The molecular formula is C15H20. The van der Waals surface area contributed by atoms with Crippen LogP contribution in [0.2, 0.25) is 0 Å². The summed E-state index contributed by atoms with van der Waals surface area (Å²) in [5.41, 5.74) is 3.28. The molecule has 0 radical (unpaired) electrons. The van der Waals surface area contributed by atoms with E-state index in [1.165, 1.54) is 24.0 Å². The molecular weight excluding hydrogens is 180 g/mol. The SMILES string of the molecule is CC(C)c1ccc(C2(C)CC=CC2)cc1. The van der Waals surface area contributed by atoms with Gasteiger partial charge in [0.05, 0.1) is 0 Å². The molecule has 15 heavy (non-hydrogen) atoms. The zero-order chi connectivity index (χ0) is 10.9. The fourth-order valence-electron chi connectivity index (χ4n) is 2.28. The van der Waals surface area contributed by atoms with Gasteiger partial charge in [0.2, 0.25) is 0 Å². The minimum atomic E-state index is 0.357. The van der Waals surface area contributed by atoms with Crippen LogP contribution in [0.25, 0.3) is 0 Å². The molecule has 0 aliphatic heterocycles. The van der Waals surface area contributed by atoms with Crippen molar-refractivity contribution in [2.45, 2.75) is 44.9 Å². The van der Waals surface area contributed by atoms with Gasteiger partial charge in [-0.15, -0.1) is 0 Å². The maximum absolute atomic E-state index is 2.36. The normalized spacial score (nSPS) is 18.7.